The van der Waals surface area contributed by atoms with E-state index < -0.39 is 59.3 Å². The predicted molar refractivity (Wildman–Crippen MR) is 194 cm³/mol. The molecule has 3 aromatic carbocycles. The molecule has 0 bridgehead atoms. The van der Waals surface area contributed by atoms with Crippen molar-refractivity contribution in [3.8, 4) is 5.75 Å². The van der Waals surface area contributed by atoms with Gasteiger partial charge in [0.15, 0.2) is 5.78 Å². The van der Waals surface area contributed by atoms with Crippen molar-refractivity contribution in [2.24, 2.45) is 23.7 Å². The van der Waals surface area contributed by atoms with E-state index in [1.54, 1.807) is 72.8 Å². The van der Waals surface area contributed by atoms with Gasteiger partial charge >= 0.3 is 0 Å². The number of ether oxygens (including phenoxy) is 1. The third-order valence-corrected chi connectivity index (χ3v) is 11.8. The maximum absolute atomic E-state index is 15.3. The summed E-state index contributed by atoms with van der Waals surface area (Å²) in [6.45, 7) is 1.03. The normalized spacial score (nSPS) is 26.3. The van der Waals surface area contributed by atoms with Gasteiger partial charge in [-0.1, -0.05) is 47.0 Å². The lowest BCUT2D eigenvalue weighted by molar-refractivity contribution is -0.138. The highest BCUT2D eigenvalue weighted by Gasteiger charge is 2.71. The molecule has 2 aliphatic carbocycles. The zero-order valence-electron chi connectivity index (χ0n) is 28.5. The second-order valence-corrected chi connectivity index (χ2v) is 14.6. The molecular weight excluding hydrogens is 721 g/mol. The summed E-state index contributed by atoms with van der Waals surface area (Å²) in [6.07, 6.45) is 2.19. The number of anilines is 2. The van der Waals surface area contributed by atoms with Gasteiger partial charge in [-0.3, -0.25) is 34.3 Å². The van der Waals surface area contributed by atoms with Crippen molar-refractivity contribution in [2.75, 3.05) is 17.4 Å². The molecule has 53 heavy (non-hydrogen) atoms. The molecule has 3 fully saturated rings. The summed E-state index contributed by atoms with van der Waals surface area (Å²) in [5.74, 6) is -5.08. The molecule has 0 radical (unpaired) electrons. The largest absolute Gasteiger partial charge is 0.497 e. The number of Topliss-reactive ketones (excluding diaryl/α,β-unsaturated/α-hetero) is 1. The molecule has 270 valence electrons. The minimum atomic E-state index is -1.59. The molecule has 4 aromatic rings. The number of carbonyl (C=O) groups is 5. The van der Waals surface area contributed by atoms with Crippen molar-refractivity contribution >= 4 is 64.0 Å². The monoisotopic (exact) mass is 753 g/mol. The van der Waals surface area contributed by atoms with Crippen LogP contribution in [0.2, 0.25) is 10.0 Å². The fraction of sp³-hybridized carbons (Fsp3) is 0.275. The number of aliphatic hydroxyl groups excluding tert-OH is 1. The maximum Gasteiger partial charge on any atom is 0.260 e. The molecule has 2 saturated heterocycles. The number of ketones is 1. The lowest BCUT2D eigenvalue weighted by Gasteiger charge is -2.49. The molecule has 13 heteroatoms. The van der Waals surface area contributed by atoms with E-state index in [0.29, 0.717) is 38.9 Å². The number of methoxy groups -OCH3 is 1. The van der Waals surface area contributed by atoms with Gasteiger partial charge in [0.05, 0.1) is 47.2 Å². The molecule has 6 unspecified atom stereocenters. The minimum Gasteiger partial charge on any atom is -0.497 e. The minimum absolute atomic E-state index is 0.0658. The van der Waals surface area contributed by atoms with Crippen molar-refractivity contribution in [3.05, 3.63) is 123 Å². The van der Waals surface area contributed by atoms with Crippen LogP contribution < -0.4 is 15.1 Å². The number of nitrogens with one attached hydrogen (secondary N) is 1. The quantitative estimate of drug-likeness (QED) is 0.117. The standard InChI is InChI=1S/C40H33Cl2N3O8/c1-20(47)21-3-8-24(9-4-21)44-36(48)28-14-13-27-29(34(28)38(44)50)18-30-37(49)45(43-32-15-7-23(41)17-31(32)42)39(51)40(30,22-5-10-25(52-2)11-6-22)35(27)33-16-12-26(19-46)53-33/h3-13,15-17,28-30,34-35,43,46H,14,18-19H2,1-2H3. The Bertz CT molecular complexity index is 2230. The molecule has 6 atom stereocenters. The Kier molecular flexibility index (Phi) is 8.55. The molecule has 2 aliphatic heterocycles. The molecule has 1 aromatic heterocycles. The van der Waals surface area contributed by atoms with Gasteiger partial charge in [0.1, 0.15) is 29.3 Å². The van der Waals surface area contributed by atoms with Gasteiger partial charge in [-0.2, -0.15) is 5.01 Å². The highest BCUT2D eigenvalue weighted by molar-refractivity contribution is 6.36. The number of hydrazine groups is 1. The molecule has 8 rings (SSSR count). The van der Waals surface area contributed by atoms with Gasteiger partial charge in [0, 0.05) is 10.6 Å². The summed E-state index contributed by atoms with van der Waals surface area (Å²) in [4.78, 5) is 71.7. The number of benzene rings is 3. The summed E-state index contributed by atoms with van der Waals surface area (Å²) in [7, 11) is 1.53. The van der Waals surface area contributed by atoms with Crippen LogP contribution in [0.15, 0.2) is 94.9 Å². The number of fused-ring (bicyclic) bond motifs is 4. The highest BCUT2D eigenvalue weighted by atomic mass is 35.5. The third-order valence-electron chi connectivity index (χ3n) is 11.2. The number of hydrogen-bond donors (Lipinski definition) is 2. The number of carbonyl (C=O) groups excluding carboxylic acids is 5. The first-order valence-electron chi connectivity index (χ1n) is 17.1. The Morgan fingerprint density at radius 1 is 0.943 bits per heavy atom. The van der Waals surface area contributed by atoms with Gasteiger partial charge in [-0.15, -0.1) is 0 Å². The van der Waals surface area contributed by atoms with Crippen LogP contribution in [0.4, 0.5) is 11.4 Å². The van der Waals surface area contributed by atoms with Gasteiger partial charge in [-0.25, -0.2) is 0 Å². The molecule has 3 heterocycles. The Morgan fingerprint density at radius 3 is 2.32 bits per heavy atom. The van der Waals surface area contributed by atoms with Crippen LogP contribution in [0.5, 0.6) is 5.75 Å². The summed E-state index contributed by atoms with van der Waals surface area (Å²) in [6, 6.07) is 21.2. The first-order chi connectivity index (χ1) is 25.5. The predicted octanol–water partition coefficient (Wildman–Crippen LogP) is 6.48. The van der Waals surface area contributed by atoms with Crippen LogP contribution in [0.25, 0.3) is 0 Å². The summed E-state index contributed by atoms with van der Waals surface area (Å²) >= 11 is 12.7. The SMILES string of the molecule is COc1ccc(C23C(=O)N(Nc4ccc(Cl)cc4Cl)C(=O)C2CC2C(=CCC4C(=O)N(c5ccc(C(C)=O)cc5)C(=O)C42)C3c2ccc(CO)o2)cc1. The van der Waals surface area contributed by atoms with E-state index in [1.807, 2.05) is 6.08 Å². The van der Waals surface area contributed by atoms with Gasteiger partial charge < -0.3 is 14.3 Å². The van der Waals surface area contributed by atoms with Crippen molar-refractivity contribution in [2.45, 2.75) is 37.7 Å². The number of amides is 4. The zero-order valence-corrected chi connectivity index (χ0v) is 30.1. The van der Waals surface area contributed by atoms with Crippen molar-refractivity contribution < 1.29 is 38.2 Å². The second kappa shape index (κ2) is 13.0. The number of nitrogens with zero attached hydrogens (tertiary/aromatic N) is 2. The molecule has 0 spiro atoms. The average Bonchev–Trinajstić information content (AvgIpc) is 3.80. The fourth-order valence-electron chi connectivity index (χ4n) is 8.89. The van der Waals surface area contributed by atoms with E-state index in [2.05, 4.69) is 5.43 Å². The number of imide groups is 2. The van der Waals surface area contributed by atoms with Crippen LogP contribution in [0.3, 0.4) is 0 Å². The molecule has 1 saturated carbocycles. The first-order valence-corrected chi connectivity index (χ1v) is 17.9. The zero-order chi connectivity index (χ0) is 37.3. The Labute approximate surface area is 314 Å². The molecule has 11 nitrogen and oxygen atoms in total. The second-order valence-electron chi connectivity index (χ2n) is 13.8. The molecular formula is C40H33Cl2N3O8. The lowest BCUT2D eigenvalue weighted by atomic mass is 9.50. The van der Waals surface area contributed by atoms with Crippen LogP contribution >= 0.6 is 23.2 Å². The summed E-state index contributed by atoms with van der Waals surface area (Å²) < 4.78 is 11.7. The van der Waals surface area contributed by atoms with Gasteiger partial charge in [0.2, 0.25) is 11.8 Å². The van der Waals surface area contributed by atoms with E-state index in [1.165, 1.54) is 25.0 Å². The van der Waals surface area contributed by atoms with Crippen molar-refractivity contribution in [1.29, 1.82) is 0 Å². The number of hydrogen-bond acceptors (Lipinski definition) is 9. The third kappa shape index (κ3) is 5.24. The topological polar surface area (TPSA) is 146 Å². The number of allylic oxidation sites excluding steroid dienone is 2. The van der Waals surface area contributed by atoms with Gasteiger partial charge in [0.25, 0.3) is 11.8 Å². The number of halogens is 2. The summed E-state index contributed by atoms with van der Waals surface area (Å²) in [5, 5.41) is 11.6. The van der Waals surface area contributed by atoms with E-state index in [-0.39, 0.29) is 41.0 Å². The lowest BCUT2D eigenvalue weighted by Crippen LogP contribution is -2.53. The molecule has 4 aliphatic rings. The van der Waals surface area contributed by atoms with Crippen LogP contribution in [0, 0.1) is 23.7 Å². The molecule has 4 amide bonds. The van der Waals surface area contributed by atoms with E-state index in [4.69, 9.17) is 32.4 Å². The van der Waals surface area contributed by atoms with Crippen LogP contribution in [0.1, 0.15) is 53.1 Å². The highest BCUT2D eigenvalue weighted by Crippen LogP contribution is 2.64. The number of aliphatic hydroxyl groups is 1. The Hall–Kier alpha value is -5.23. The first kappa shape index (κ1) is 34.8. The average molecular weight is 755 g/mol. The van der Waals surface area contributed by atoms with Crippen LogP contribution in [-0.2, 0) is 31.2 Å². The van der Waals surface area contributed by atoms with Crippen molar-refractivity contribution in [3.63, 3.8) is 0 Å². The van der Waals surface area contributed by atoms with Crippen molar-refractivity contribution in [1.82, 2.24) is 5.01 Å². The summed E-state index contributed by atoms with van der Waals surface area (Å²) in [5.41, 5.74) is 3.65. The Morgan fingerprint density at radius 2 is 1.68 bits per heavy atom. The van der Waals surface area contributed by atoms with E-state index >= 15 is 4.79 Å². The van der Waals surface area contributed by atoms with E-state index in [9.17, 15) is 24.3 Å². The fourth-order valence-corrected chi connectivity index (χ4v) is 9.34. The van der Waals surface area contributed by atoms with Gasteiger partial charge in [-0.05, 0) is 98.0 Å². The van der Waals surface area contributed by atoms with E-state index in [0.717, 1.165) is 5.01 Å². The maximum atomic E-state index is 15.3. The number of furan rings is 1. The smallest absolute Gasteiger partial charge is 0.260 e. The number of rotatable bonds is 8. The Balaban J connectivity index is 1.29. The molecule has 2 N–H and O–H groups in total. The van der Waals surface area contributed by atoms with Crippen LogP contribution in [-0.4, -0.2) is 46.6 Å².